The first-order valence-corrected chi connectivity index (χ1v) is 7.20. The van der Waals surface area contributed by atoms with E-state index in [1.54, 1.807) is 0 Å². The number of benzene rings is 1. The maximum Gasteiger partial charge on any atom is 0.271 e. The smallest absolute Gasteiger partial charge is 0.271 e. The number of likely N-dealkylation sites (tertiary alicyclic amines) is 1. The van der Waals surface area contributed by atoms with Crippen molar-refractivity contribution >= 4 is 11.0 Å². The Morgan fingerprint density at radius 1 is 1.20 bits per heavy atom. The molecule has 2 atom stereocenters. The minimum Gasteiger partial charge on any atom is -0.319 e. The van der Waals surface area contributed by atoms with Gasteiger partial charge in [-0.25, -0.2) is 4.98 Å². The van der Waals surface area contributed by atoms with Crippen LogP contribution in [0.25, 0.3) is 11.0 Å². The van der Waals surface area contributed by atoms with Gasteiger partial charge in [-0.2, -0.15) is 0 Å². The van der Waals surface area contributed by atoms with Crippen LogP contribution in [0.1, 0.15) is 5.69 Å². The van der Waals surface area contributed by atoms with Crippen molar-refractivity contribution in [2.45, 2.75) is 6.54 Å². The lowest BCUT2D eigenvalue weighted by Gasteiger charge is -2.16. The first kappa shape index (κ1) is 12.1. The lowest BCUT2D eigenvalue weighted by molar-refractivity contribution is 0.301. The molecule has 0 spiro atoms. The fourth-order valence-corrected chi connectivity index (χ4v) is 3.47. The van der Waals surface area contributed by atoms with Crippen molar-refractivity contribution in [2.24, 2.45) is 11.8 Å². The summed E-state index contributed by atoms with van der Waals surface area (Å²) in [6, 6.07) is 7.69. The predicted octanol–water partition coefficient (Wildman–Crippen LogP) is 0.574. The number of fused-ring (bicyclic) bond motifs is 2. The van der Waals surface area contributed by atoms with Gasteiger partial charge in [-0.1, -0.05) is 12.1 Å². The number of para-hydroxylation sites is 2. The summed E-state index contributed by atoms with van der Waals surface area (Å²) in [4.78, 5) is 21.9. The van der Waals surface area contributed by atoms with Gasteiger partial charge in [0.25, 0.3) is 5.56 Å². The maximum absolute atomic E-state index is 12.1. The van der Waals surface area contributed by atoms with Gasteiger partial charge in [-0.3, -0.25) is 9.69 Å². The van der Waals surface area contributed by atoms with Crippen molar-refractivity contribution in [1.82, 2.24) is 20.2 Å². The van der Waals surface area contributed by atoms with Gasteiger partial charge in [0.2, 0.25) is 0 Å². The molecule has 2 saturated heterocycles. The molecule has 2 aliphatic heterocycles. The van der Waals surface area contributed by atoms with E-state index in [-0.39, 0.29) is 5.56 Å². The Balaban J connectivity index is 1.59. The van der Waals surface area contributed by atoms with Crippen LogP contribution in [-0.4, -0.2) is 41.0 Å². The molecule has 0 aliphatic carbocycles. The van der Waals surface area contributed by atoms with Gasteiger partial charge < -0.3 is 10.3 Å². The lowest BCUT2D eigenvalue weighted by atomic mass is 10.0. The van der Waals surface area contributed by atoms with Crippen LogP contribution in [0.5, 0.6) is 0 Å². The largest absolute Gasteiger partial charge is 0.319 e. The molecule has 2 unspecified atom stereocenters. The van der Waals surface area contributed by atoms with Crippen molar-refractivity contribution in [3.05, 3.63) is 40.3 Å². The minimum absolute atomic E-state index is 0.0566. The number of aromatic amines is 1. The van der Waals surface area contributed by atoms with E-state index in [2.05, 4.69) is 20.2 Å². The van der Waals surface area contributed by atoms with Crippen LogP contribution in [0.2, 0.25) is 0 Å². The van der Waals surface area contributed by atoms with Crippen molar-refractivity contribution in [3.63, 3.8) is 0 Å². The standard InChI is InChI=1S/C15H18N4O/c20-15-14(17-12-3-1-2-4-13(12)18-15)9-19-7-10-5-16-6-11(10)8-19/h1-4,10-11,16H,5-9H2,(H,18,20). The quantitative estimate of drug-likeness (QED) is 0.838. The number of hydrogen-bond acceptors (Lipinski definition) is 4. The molecule has 4 rings (SSSR count). The van der Waals surface area contributed by atoms with Crippen LogP contribution >= 0.6 is 0 Å². The summed E-state index contributed by atoms with van der Waals surface area (Å²) in [6.07, 6.45) is 0. The third-order valence-corrected chi connectivity index (χ3v) is 4.51. The van der Waals surface area contributed by atoms with Crippen LogP contribution in [0, 0.1) is 11.8 Å². The van der Waals surface area contributed by atoms with Gasteiger partial charge in [-0.15, -0.1) is 0 Å². The topological polar surface area (TPSA) is 61.0 Å². The van der Waals surface area contributed by atoms with Crippen molar-refractivity contribution < 1.29 is 0 Å². The maximum atomic E-state index is 12.1. The summed E-state index contributed by atoms with van der Waals surface area (Å²) in [5.41, 5.74) is 2.25. The van der Waals surface area contributed by atoms with E-state index >= 15 is 0 Å². The number of rotatable bonds is 2. The highest BCUT2D eigenvalue weighted by molar-refractivity contribution is 5.73. The van der Waals surface area contributed by atoms with Crippen LogP contribution < -0.4 is 10.9 Å². The molecule has 2 aromatic rings. The van der Waals surface area contributed by atoms with Crippen LogP contribution in [0.4, 0.5) is 0 Å². The van der Waals surface area contributed by atoms with E-state index in [1.807, 2.05) is 24.3 Å². The molecule has 0 radical (unpaired) electrons. The SMILES string of the molecule is O=c1[nH]c2ccccc2nc1CN1CC2CNCC2C1. The van der Waals surface area contributed by atoms with Gasteiger partial charge >= 0.3 is 0 Å². The van der Waals surface area contributed by atoms with Crippen molar-refractivity contribution in [1.29, 1.82) is 0 Å². The Labute approximate surface area is 117 Å². The second-order valence-electron chi connectivity index (χ2n) is 5.90. The molecule has 20 heavy (non-hydrogen) atoms. The van der Waals surface area contributed by atoms with E-state index in [9.17, 15) is 4.79 Å². The fraction of sp³-hybridized carbons (Fsp3) is 0.467. The Kier molecular flexibility index (Phi) is 2.82. The molecule has 3 heterocycles. The first-order valence-electron chi connectivity index (χ1n) is 7.20. The third kappa shape index (κ3) is 2.03. The third-order valence-electron chi connectivity index (χ3n) is 4.51. The van der Waals surface area contributed by atoms with Gasteiger partial charge in [-0.05, 0) is 37.1 Å². The summed E-state index contributed by atoms with van der Waals surface area (Å²) in [6.45, 7) is 5.04. The van der Waals surface area contributed by atoms with Gasteiger partial charge in [0.05, 0.1) is 11.0 Å². The summed E-state index contributed by atoms with van der Waals surface area (Å²) in [7, 11) is 0. The van der Waals surface area contributed by atoms with Gasteiger partial charge in [0.15, 0.2) is 0 Å². The summed E-state index contributed by atoms with van der Waals surface area (Å²) < 4.78 is 0. The normalized spacial score (nSPS) is 26.2. The molecular formula is C15H18N4O. The summed E-state index contributed by atoms with van der Waals surface area (Å²) in [5, 5.41) is 3.43. The lowest BCUT2D eigenvalue weighted by Crippen LogP contribution is -2.29. The molecule has 2 aliphatic rings. The van der Waals surface area contributed by atoms with Crippen LogP contribution in [0.15, 0.2) is 29.1 Å². The molecule has 2 N–H and O–H groups in total. The van der Waals surface area contributed by atoms with Crippen LogP contribution in [-0.2, 0) is 6.54 Å². The van der Waals surface area contributed by atoms with Gasteiger partial charge in [0, 0.05) is 19.6 Å². The van der Waals surface area contributed by atoms with E-state index in [0.717, 1.165) is 49.0 Å². The molecule has 1 aromatic carbocycles. The Morgan fingerprint density at radius 3 is 2.75 bits per heavy atom. The number of nitrogens with one attached hydrogen (secondary N) is 2. The molecule has 0 saturated carbocycles. The first-order chi connectivity index (χ1) is 9.79. The zero-order chi connectivity index (χ0) is 13.5. The Morgan fingerprint density at radius 2 is 1.95 bits per heavy atom. The highest BCUT2D eigenvalue weighted by Crippen LogP contribution is 2.26. The second-order valence-corrected chi connectivity index (χ2v) is 5.90. The molecule has 5 nitrogen and oxygen atoms in total. The number of nitrogens with zero attached hydrogens (tertiary/aromatic N) is 2. The van der Waals surface area contributed by atoms with Crippen LogP contribution in [0.3, 0.4) is 0 Å². The molecule has 1 aromatic heterocycles. The minimum atomic E-state index is -0.0566. The zero-order valence-corrected chi connectivity index (χ0v) is 11.3. The fourth-order valence-electron chi connectivity index (χ4n) is 3.47. The number of aromatic nitrogens is 2. The molecule has 0 amide bonds. The Bertz CT molecular complexity index is 684. The molecule has 0 bridgehead atoms. The van der Waals surface area contributed by atoms with E-state index < -0.39 is 0 Å². The molecular weight excluding hydrogens is 252 g/mol. The second kappa shape index (κ2) is 4.68. The summed E-state index contributed by atoms with van der Waals surface area (Å²) >= 11 is 0. The van der Waals surface area contributed by atoms with E-state index in [0.29, 0.717) is 12.2 Å². The van der Waals surface area contributed by atoms with Gasteiger partial charge in [0.1, 0.15) is 5.69 Å². The molecule has 2 fully saturated rings. The predicted molar refractivity (Wildman–Crippen MR) is 77.5 cm³/mol. The van der Waals surface area contributed by atoms with Crippen molar-refractivity contribution in [2.75, 3.05) is 26.2 Å². The highest BCUT2D eigenvalue weighted by Gasteiger charge is 2.36. The number of H-pyrrole nitrogens is 1. The molecule has 5 heteroatoms. The average Bonchev–Trinajstić information content (AvgIpc) is 3.00. The summed E-state index contributed by atoms with van der Waals surface area (Å²) in [5.74, 6) is 1.49. The number of hydrogen-bond donors (Lipinski definition) is 2. The molecule has 104 valence electrons. The highest BCUT2D eigenvalue weighted by atomic mass is 16.1. The average molecular weight is 270 g/mol. The Hall–Kier alpha value is -1.72. The zero-order valence-electron chi connectivity index (χ0n) is 11.3. The monoisotopic (exact) mass is 270 g/mol. The van der Waals surface area contributed by atoms with Crippen molar-refractivity contribution in [3.8, 4) is 0 Å². The van der Waals surface area contributed by atoms with E-state index in [4.69, 9.17) is 0 Å². The van der Waals surface area contributed by atoms with E-state index in [1.165, 1.54) is 0 Å².